The summed E-state index contributed by atoms with van der Waals surface area (Å²) in [5.74, 6) is 0. The number of nitrogens with zero attached hydrogens (tertiary/aromatic N) is 1. The summed E-state index contributed by atoms with van der Waals surface area (Å²) in [5.41, 5.74) is 0.439. The van der Waals surface area contributed by atoms with Crippen LogP contribution in [-0.4, -0.2) is 10.2 Å². The third-order valence-electron chi connectivity index (χ3n) is 3.58. The van der Waals surface area contributed by atoms with E-state index < -0.39 is 5.63 Å². The maximum atomic E-state index is 11.1. The Morgan fingerprint density at radius 2 is 1.32 bits per heavy atom. The minimum absolute atomic E-state index is 0.0405. The van der Waals surface area contributed by atoms with E-state index in [4.69, 9.17) is 14.1 Å². The van der Waals surface area contributed by atoms with E-state index in [1.165, 1.54) is 6.07 Å². The highest BCUT2D eigenvalue weighted by atomic mass is 28.1. The van der Waals surface area contributed by atoms with E-state index in [-0.39, 0.29) is 11.2 Å². The van der Waals surface area contributed by atoms with Crippen molar-refractivity contribution in [2.75, 3.05) is 0 Å². The highest BCUT2D eigenvalue weighted by Gasteiger charge is 2.02. The molecule has 2 heterocycles. The Labute approximate surface area is 145 Å². The molecular weight excluding hydrogens is 334 g/mol. The maximum absolute atomic E-state index is 11.1. The van der Waals surface area contributed by atoms with Crippen LogP contribution in [0.5, 0.6) is 0 Å². The number of rotatable bonds is 0. The second kappa shape index (κ2) is 6.99. The molecule has 0 saturated heterocycles. The van der Waals surface area contributed by atoms with Gasteiger partial charge in [-0.25, -0.2) is 9.59 Å². The molecule has 0 aliphatic heterocycles. The van der Waals surface area contributed by atoms with Gasteiger partial charge in [-0.05, 0) is 24.3 Å². The van der Waals surface area contributed by atoms with Gasteiger partial charge in [0, 0.05) is 26.2 Å². The van der Waals surface area contributed by atoms with Gasteiger partial charge in [-0.15, -0.1) is 0 Å². The predicted octanol–water partition coefficient (Wildman–Crippen LogP) is 1.45. The second-order valence-electron chi connectivity index (χ2n) is 5.35. The zero-order valence-corrected chi connectivity index (χ0v) is 15.4. The number of para-hydroxylation sites is 2. The summed E-state index contributed by atoms with van der Waals surface area (Å²) < 4.78 is 9.98. The number of hydrogen-bond acceptors (Lipinski definition) is 5. The lowest BCUT2D eigenvalue weighted by molar-refractivity contribution is 0.558. The lowest BCUT2D eigenvalue weighted by Gasteiger charge is -1.95. The van der Waals surface area contributed by atoms with Crippen LogP contribution in [0.2, 0.25) is 0 Å². The first-order chi connectivity index (χ1) is 12.1. The van der Waals surface area contributed by atoms with Gasteiger partial charge in [0.25, 0.3) is 0 Å². The van der Waals surface area contributed by atoms with E-state index >= 15 is 0 Å². The van der Waals surface area contributed by atoms with Crippen molar-refractivity contribution < 1.29 is 8.83 Å². The van der Waals surface area contributed by atoms with Gasteiger partial charge in [0.15, 0.2) is 0 Å². The van der Waals surface area contributed by atoms with Gasteiger partial charge in [0.2, 0.25) is 0 Å². The fourth-order valence-electron chi connectivity index (χ4n) is 2.31. The number of hydrogen-bond donors (Lipinski definition) is 0. The largest absolute Gasteiger partial charge is 0.423 e. The number of nitriles is 1. The molecule has 4 rings (SSSR count). The summed E-state index contributed by atoms with van der Waals surface area (Å²) >= 11 is 0. The first kappa shape index (κ1) is 16.4. The highest BCUT2D eigenvalue weighted by molar-refractivity contribution is 6.32. The van der Waals surface area contributed by atoms with Gasteiger partial charge in [-0.3, -0.25) is 0 Å². The first-order valence-electron chi connectivity index (χ1n) is 7.51. The van der Waals surface area contributed by atoms with Crippen molar-refractivity contribution >= 4 is 37.4 Å². The molecule has 0 unspecified atom stereocenters. The molecule has 0 amide bonds. The molecule has 0 radical (unpaired) electrons. The monoisotopic (exact) mass is 347 g/mol. The van der Waals surface area contributed by atoms with Crippen LogP contribution in [0.25, 0.3) is 21.9 Å². The van der Waals surface area contributed by atoms with E-state index in [9.17, 15) is 9.59 Å². The quantitative estimate of drug-likeness (QED) is 0.355. The van der Waals surface area contributed by atoms with Crippen molar-refractivity contribution in [3.8, 4) is 6.07 Å². The summed E-state index contributed by atoms with van der Waals surface area (Å²) in [7, 11) is 0.740. The third kappa shape index (κ3) is 3.57. The third-order valence-corrected chi connectivity index (χ3v) is 4.27. The normalized spacial score (nSPS) is 10.2. The Hall–Kier alpha value is -3.43. The van der Waals surface area contributed by atoms with Crippen molar-refractivity contribution in [3.05, 3.63) is 87.1 Å². The Kier molecular flexibility index (Phi) is 4.59. The van der Waals surface area contributed by atoms with E-state index in [2.05, 4.69) is 0 Å². The minimum atomic E-state index is -0.582. The van der Waals surface area contributed by atoms with Crippen molar-refractivity contribution in [1.82, 2.24) is 0 Å². The average Bonchev–Trinajstić information content (AvgIpc) is 2.62. The van der Waals surface area contributed by atoms with Gasteiger partial charge in [-0.1, -0.05) is 36.4 Å². The van der Waals surface area contributed by atoms with Crippen LogP contribution in [-0.2, 0) is 0 Å². The summed E-state index contributed by atoms with van der Waals surface area (Å²) in [6, 6.07) is 19.8. The summed E-state index contributed by atoms with van der Waals surface area (Å²) in [6.45, 7) is 0. The van der Waals surface area contributed by atoms with Crippen LogP contribution in [0.3, 0.4) is 0 Å². The number of benzene rings is 2. The molecule has 5 nitrogen and oxygen atoms in total. The van der Waals surface area contributed by atoms with Gasteiger partial charge in [0.05, 0.1) is 0 Å². The zero-order chi connectivity index (χ0) is 17.8. The maximum Gasteiger partial charge on any atom is 0.354 e. The molecule has 0 aliphatic rings. The lowest BCUT2D eigenvalue weighted by atomic mass is 10.2. The molecule has 6 heteroatoms. The Morgan fingerprint density at radius 3 is 1.92 bits per heavy atom. The molecule has 0 fully saturated rings. The molecule has 2 aromatic carbocycles. The molecule has 4 aromatic rings. The van der Waals surface area contributed by atoms with E-state index in [1.54, 1.807) is 30.3 Å². The van der Waals surface area contributed by atoms with Crippen LogP contribution in [0.15, 0.2) is 79.1 Å². The van der Waals surface area contributed by atoms with Gasteiger partial charge in [0.1, 0.15) is 22.8 Å². The van der Waals surface area contributed by atoms with E-state index in [0.29, 0.717) is 11.2 Å². The smallest absolute Gasteiger partial charge is 0.354 e. The van der Waals surface area contributed by atoms with Crippen molar-refractivity contribution in [2.45, 2.75) is 0 Å². The fourth-order valence-corrected chi connectivity index (χ4v) is 2.72. The molecular formula is C19H13NO4Si. The molecule has 0 atom stereocenters. The zero-order valence-electron chi connectivity index (χ0n) is 13.4. The highest BCUT2D eigenvalue weighted by Crippen LogP contribution is 2.11. The van der Waals surface area contributed by atoms with Crippen LogP contribution in [0, 0.1) is 11.3 Å². The standard InChI is InChI=1S/C10H5NO2.C9H8O2Si/c11-6-8-5-7-3-1-2-4-9(7)13-10(8)12;10-9-8(12)5-6-3-1-2-4-7(6)11-9/h1-5H;1-5H,12H3. The molecule has 0 saturated carbocycles. The van der Waals surface area contributed by atoms with Gasteiger partial charge < -0.3 is 8.83 Å². The van der Waals surface area contributed by atoms with Crippen molar-refractivity contribution in [2.24, 2.45) is 0 Å². The summed E-state index contributed by atoms with van der Waals surface area (Å²) in [6.07, 6.45) is 0. The first-order valence-corrected chi connectivity index (χ1v) is 8.51. The van der Waals surface area contributed by atoms with E-state index in [1.807, 2.05) is 30.3 Å². The summed E-state index contributed by atoms with van der Waals surface area (Å²) in [5, 5.41) is 11.1. The van der Waals surface area contributed by atoms with Crippen LogP contribution in [0.4, 0.5) is 0 Å². The SMILES string of the molecule is N#Cc1cc2ccccc2oc1=O.O=c1oc2ccccc2cc1[SiH3]. The Bertz CT molecular complexity index is 1220. The Balaban J connectivity index is 0.000000146. The Morgan fingerprint density at radius 1 is 0.800 bits per heavy atom. The fraction of sp³-hybridized carbons (Fsp3) is 0. The molecule has 0 aliphatic carbocycles. The van der Waals surface area contributed by atoms with Gasteiger partial charge in [-0.2, -0.15) is 5.26 Å². The second-order valence-corrected chi connectivity index (χ2v) is 6.43. The summed E-state index contributed by atoms with van der Waals surface area (Å²) in [4.78, 5) is 22.2. The number of fused-ring (bicyclic) bond motifs is 2. The molecule has 0 bridgehead atoms. The average molecular weight is 347 g/mol. The molecule has 0 spiro atoms. The molecule has 25 heavy (non-hydrogen) atoms. The van der Waals surface area contributed by atoms with E-state index in [0.717, 1.165) is 26.2 Å². The van der Waals surface area contributed by atoms with Crippen LogP contribution < -0.4 is 16.4 Å². The minimum Gasteiger partial charge on any atom is -0.423 e. The molecule has 0 N–H and O–H groups in total. The van der Waals surface area contributed by atoms with Gasteiger partial charge >= 0.3 is 11.3 Å². The predicted molar refractivity (Wildman–Crippen MR) is 99.3 cm³/mol. The van der Waals surface area contributed by atoms with Crippen LogP contribution >= 0.6 is 0 Å². The lowest BCUT2D eigenvalue weighted by Crippen LogP contribution is -2.22. The molecule has 122 valence electrons. The van der Waals surface area contributed by atoms with Crippen molar-refractivity contribution in [3.63, 3.8) is 0 Å². The molecule has 2 aromatic heterocycles. The topological polar surface area (TPSA) is 84.2 Å². The van der Waals surface area contributed by atoms with Crippen molar-refractivity contribution in [1.29, 1.82) is 5.26 Å². The van der Waals surface area contributed by atoms with Crippen LogP contribution in [0.1, 0.15) is 5.56 Å².